The minimum Gasteiger partial charge on any atom is -0.345 e. The van der Waals surface area contributed by atoms with Crippen LogP contribution in [-0.4, -0.2) is 55.6 Å². The number of hydrogen-bond donors (Lipinski definition) is 1. The van der Waals surface area contributed by atoms with Gasteiger partial charge >= 0.3 is 0 Å². The maximum atomic E-state index is 13.2. The van der Waals surface area contributed by atoms with Gasteiger partial charge in [0.1, 0.15) is 0 Å². The second kappa shape index (κ2) is 10.8. The predicted molar refractivity (Wildman–Crippen MR) is 134 cm³/mol. The molecule has 7 nitrogen and oxygen atoms in total. The van der Waals surface area contributed by atoms with Crippen LogP contribution in [0.1, 0.15) is 33.9 Å². The van der Waals surface area contributed by atoms with Gasteiger partial charge in [-0.3, -0.25) is 9.59 Å². The highest BCUT2D eigenvalue weighted by Gasteiger charge is 2.31. The van der Waals surface area contributed by atoms with Gasteiger partial charge in [0, 0.05) is 31.7 Å². The highest BCUT2D eigenvalue weighted by Crippen LogP contribution is 2.22. The molecular formula is C27H29N3O4S. The van der Waals surface area contributed by atoms with Gasteiger partial charge < -0.3 is 10.2 Å². The summed E-state index contributed by atoms with van der Waals surface area (Å²) in [6.45, 7) is 2.98. The summed E-state index contributed by atoms with van der Waals surface area (Å²) in [7, 11) is -3.60. The molecule has 8 heteroatoms. The first-order valence-corrected chi connectivity index (χ1v) is 13.0. The zero-order valence-corrected chi connectivity index (χ0v) is 20.4. The van der Waals surface area contributed by atoms with Crippen molar-refractivity contribution in [3.63, 3.8) is 0 Å². The predicted octanol–water partition coefficient (Wildman–Crippen LogP) is 3.39. The Morgan fingerprint density at radius 2 is 1.40 bits per heavy atom. The fourth-order valence-electron chi connectivity index (χ4n) is 4.11. The summed E-state index contributed by atoms with van der Waals surface area (Å²) in [5.41, 5.74) is 2.35. The van der Waals surface area contributed by atoms with Crippen molar-refractivity contribution in [1.29, 1.82) is 0 Å². The second-order valence-corrected chi connectivity index (χ2v) is 10.5. The molecule has 0 saturated carbocycles. The Morgan fingerprint density at radius 1 is 0.829 bits per heavy atom. The van der Waals surface area contributed by atoms with Gasteiger partial charge in [0.2, 0.25) is 15.9 Å². The number of sulfonamides is 1. The summed E-state index contributed by atoms with van der Waals surface area (Å²) in [4.78, 5) is 27.9. The van der Waals surface area contributed by atoms with E-state index in [2.05, 4.69) is 5.32 Å². The minimum atomic E-state index is -3.60. The van der Waals surface area contributed by atoms with Crippen molar-refractivity contribution in [2.45, 2.75) is 24.3 Å². The largest absolute Gasteiger partial charge is 0.345 e. The first-order valence-electron chi connectivity index (χ1n) is 11.6. The van der Waals surface area contributed by atoms with Gasteiger partial charge in [-0.2, -0.15) is 4.31 Å². The number of benzene rings is 3. The number of aryl methyl sites for hydroxylation is 1. The fraction of sp³-hybridized carbons (Fsp3) is 0.259. The molecule has 1 aliphatic rings. The van der Waals surface area contributed by atoms with Crippen LogP contribution in [-0.2, 0) is 14.8 Å². The number of carbonyl (C=O) groups is 2. The van der Waals surface area contributed by atoms with Crippen LogP contribution in [0.15, 0.2) is 89.8 Å². The number of nitrogens with one attached hydrogen (secondary N) is 1. The van der Waals surface area contributed by atoms with Crippen molar-refractivity contribution in [3.05, 3.63) is 102 Å². The Hall–Kier alpha value is -3.49. The molecule has 0 spiro atoms. The average Bonchev–Trinajstić information content (AvgIpc) is 2.89. The standard InChI is InChI=1S/C27H29N3O4S/c1-21-12-14-24(15-13-21)35(33,34)30-18-16-29(17-19-30)26(31)20-25(22-8-4-2-5-9-22)28-27(32)23-10-6-3-7-11-23/h2-15,25H,16-20H2,1H3,(H,28,32)/t25-/m1/s1. The summed E-state index contributed by atoms with van der Waals surface area (Å²) in [6, 6.07) is 24.6. The van der Waals surface area contributed by atoms with E-state index in [0.717, 1.165) is 11.1 Å². The quantitative estimate of drug-likeness (QED) is 0.549. The van der Waals surface area contributed by atoms with Gasteiger partial charge in [-0.1, -0.05) is 66.2 Å². The van der Waals surface area contributed by atoms with Gasteiger partial charge in [0.25, 0.3) is 5.91 Å². The number of hydrogen-bond acceptors (Lipinski definition) is 4. The molecule has 1 aliphatic heterocycles. The van der Waals surface area contributed by atoms with Crippen LogP contribution in [0.2, 0.25) is 0 Å². The molecule has 0 bridgehead atoms. The number of amides is 2. The van der Waals surface area contributed by atoms with Gasteiger partial charge in [-0.25, -0.2) is 8.42 Å². The lowest BCUT2D eigenvalue weighted by Crippen LogP contribution is -2.51. The van der Waals surface area contributed by atoms with Gasteiger partial charge in [0.15, 0.2) is 0 Å². The van der Waals surface area contributed by atoms with Crippen LogP contribution in [0, 0.1) is 6.92 Å². The lowest BCUT2D eigenvalue weighted by molar-refractivity contribution is -0.132. The van der Waals surface area contributed by atoms with Crippen LogP contribution in [0.5, 0.6) is 0 Å². The van der Waals surface area contributed by atoms with Crippen molar-refractivity contribution in [2.24, 2.45) is 0 Å². The molecule has 4 rings (SSSR count). The highest BCUT2D eigenvalue weighted by atomic mass is 32.2. The molecule has 2 amide bonds. The van der Waals surface area contributed by atoms with E-state index in [1.807, 2.05) is 43.3 Å². The molecule has 0 unspecified atom stereocenters. The van der Waals surface area contributed by atoms with Gasteiger partial charge in [0.05, 0.1) is 17.4 Å². The number of nitrogens with zero attached hydrogens (tertiary/aromatic N) is 2. The van der Waals surface area contributed by atoms with E-state index >= 15 is 0 Å². The highest BCUT2D eigenvalue weighted by molar-refractivity contribution is 7.89. The fourth-order valence-corrected chi connectivity index (χ4v) is 5.53. The first kappa shape index (κ1) is 24.6. The molecule has 35 heavy (non-hydrogen) atoms. The molecule has 182 valence electrons. The maximum absolute atomic E-state index is 13.2. The topological polar surface area (TPSA) is 86.8 Å². The van der Waals surface area contributed by atoms with Crippen molar-refractivity contribution in [2.75, 3.05) is 26.2 Å². The zero-order valence-electron chi connectivity index (χ0n) is 19.6. The molecule has 1 saturated heterocycles. The van der Waals surface area contributed by atoms with E-state index in [0.29, 0.717) is 18.7 Å². The molecule has 1 heterocycles. The van der Waals surface area contributed by atoms with Crippen LogP contribution >= 0.6 is 0 Å². The number of rotatable bonds is 7. The second-order valence-electron chi connectivity index (χ2n) is 8.60. The Balaban J connectivity index is 1.41. The lowest BCUT2D eigenvalue weighted by Gasteiger charge is -2.35. The Labute approximate surface area is 206 Å². The summed E-state index contributed by atoms with van der Waals surface area (Å²) in [6.07, 6.45) is 0.0906. The van der Waals surface area contributed by atoms with E-state index in [1.165, 1.54) is 4.31 Å². The summed E-state index contributed by atoms with van der Waals surface area (Å²) in [5, 5.41) is 2.99. The normalized spacial score (nSPS) is 15.4. The van der Waals surface area contributed by atoms with E-state index in [1.54, 1.807) is 53.4 Å². The smallest absolute Gasteiger partial charge is 0.251 e. The number of piperazine rings is 1. The summed E-state index contributed by atoms with van der Waals surface area (Å²) in [5.74, 6) is -0.374. The zero-order chi connectivity index (χ0) is 24.8. The average molecular weight is 492 g/mol. The van der Waals surface area contributed by atoms with Crippen LogP contribution in [0.3, 0.4) is 0 Å². The molecule has 0 radical (unpaired) electrons. The lowest BCUT2D eigenvalue weighted by atomic mass is 10.0. The molecule has 1 fully saturated rings. The SMILES string of the molecule is Cc1ccc(S(=O)(=O)N2CCN(C(=O)C[C@@H](NC(=O)c3ccccc3)c3ccccc3)CC2)cc1. The van der Waals surface area contributed by atoms with Crippen LogP contribution in [0.25, 0.3) is 0 Å². The van der Waals surface area contributed by atoms with Crippen molar-refractivity contribution in [1.82, 2.24) is 14.5 Å². The third kappa shape index (κ3) is 5.96. The first-order chi connectivity index (χ1) is 16.8. The van der Waals surface area contributed by atoms with Crippen molar-refractivity contribution < 1.29 is 18.0 Å². The minimum absolute atomic E-state index is 0.0906. The van der Waals surface area contributed by atoms with Crippen LogP contribution < -0.4 is 5.32 Å². The van der Waals surface area contributed by atoms with Crippen molar-refractivity contribution in [3.8, 4) is 0 Å². The monoisotopic (exact) mass is 491 g/mol. The van der Waals surface area contributed by atoms with E-state index in [9.17, 15) is 18.0 Å². The van der Waals surface area contributed by atoms with Crippen molar-refractivity contribution >= 4 is 21.8 Å². The third-order valence-corrected chi connectivity index (χ3v) is 8.08. The maximum Gasteiger partial charge on any atom is 0.251 e. The molecular weight excluding hydrogens is 462 g/mol. The third-order valence-electron chi connectivity index (χ3n) is 6.17. The summed E-state index contributed by atoms with van der Waals surface area (Å²) >= 11 is 0. The van der Waals surface area contributed by atoms with E-state index in [-0.39, 0.29) is 36.2 Å². The Kier molecular flexibility index (Phi) is 7.63. The molecule has 1 atom stereocenters. The molecule has 3 aromatic carbocycles. The Bertz CT molecular complexity index is 1250. The molecule has 0 aliphatic carbocycles. The summed E-state index contributed by atoms with van der Waals surface area (Å²) < 4.78 is 27.4. The molecule has 0 aromatic heterocycles. The Morgan fingerprint density at radius 3 is 2.00 bits per heavy atom. The molecule has 3 aromatic rings. The van der Waals surface area contributed by atoms with E-state index in [4.69, 9.17) is 0 Å². The van der Waals surface area contributed by atoms with Gasteiger partial charge in [-0.05, 0) is 36.8 Å². The van der Waals surface area contributed by atoms with E-state index < -0.39 is 16.1 Å². The van der Waals surface area contributed by atoms with Crippen LogP contribution in [0.4, 0.5) is 0 Å². The molecule has 1 N–H and O–H groups in total. The van der Waals surface area contributed by atoms with Gasteiger partial charge in [-0.15, -0.1) is 0 Å². The number of carbonyl (C=O) groups excluding carboxylic acids is 2.